The summed E-state index contributed by atoms with van der Waals surface area (Å²) < 4.78 is 40.2. The molecule has 4 nitrogen and oxygen atoms in total. The normalized spacial score (nSPS) is 10.9. The molecule has 0 spiro atoms. The molecule has 1 aromatic rings. The van der Waals surface area contributed by atoms with E-state index in [1.807, 2.05) is 0 Å². The van der Waals surface area contributed by atoms with Crippen LogP contribution in [0.15, 0.2) is 11.0 Å². The predicted octanol–water partition coefficient (Wildman–Crippen LogP) is 1.72. The van der Waals surface area contributed by atoms with Gasteiger partial charge in [0.05, 0.1) is 10.6 Å². The molecule has 0 aromatic heterocycles. The summed E-state index contributed by atoms with van der Waals surface area (Å²) in [4.78, 5) is 0.0378. The number of nitrogen functional groups attached to an aromatic ring is 1. The van der Waals surface area contributed by atoms with Gasteiger partial charge in [-0.1, -0.05) is 0 Å². The molecule has 0 aliphatic heterocycles. The number of nitrogens with two attached hydrogens (primary N) is 1. The molecule has 0 aliphatic rings. The lowest BCUT2D eigenvalue weighted by atomic mass is 10.1. The average Bonchev–Trinajstić information content (AvgIpc) is 2.31. The van der Waals surface area contributed by atoms with Gasteiger partial charge in [-0.2, -0.15) is 0 Å². The highest BCUT2D eigenvalue weighted by Gasteiger charge is 2.22. The first-order chi connectivity index (χ1) is 8.81. The molecular formula is C13H17FN2O2S. The number of nitrogens with one attached hydrogen (secondary N) is 1. The van der Waals surface area contributed by atoms with E-state index in [1.54, 1.807) is 6.92 Å². The second-order valence-corrected chi connectivity index (χ2v) is 5.82. The van der Waals surface area contributed by atoms with Crippen LogP contribution in [0.1, 0.15) is 24.5 Å². The molecule has 0 radical (unpaired) electrons. The van der Waals surface area contributed by atoms with Gasteiger partial charge in [-0.05, 0) is 38.0 Å². The van der Waals surface area contributed by atoms with E-state index in [2.05, 4.69) is 16.6 Å². The Labute approximate surface area is 113 Å². The van der Waals surface area contributed by atoms with Crippen molar-refractivity contribution in [3.8, 4) is 11.8 Å². The molecule has 0 saturated carbocycles. The fraction of sp³-hybridized carbons (Fsp3) is 0.385. The summed E-state index contributed by atoms with van der Waals surface area (Å²) in [6.45, 7) is 4.92. The summed E-state index contributed by atoms with van der Waals surface area (Å²) in [7, 11) is -3.71. The van der Waals surface area contributed by atoms with Crippen LogP contribution in [0.25, 0.3) is 0 Å². The second-order valence-electron chi connectivity index (χ2n) is 4.12. The molecule has 0 atom stereocenters. The molecule has 0 amide bonds. The minimum absolute atomic E-state index is 0.0378. The van der Waals surface area contributed by atoms with Gasteiger partial charge in [0.1, 0.15) is 5.82 Å². The van der Waals surface area contributed by atoms with Crippen LogP contribution >= 0.6 is 0 Å². The van der Waals surface area contributed by atoms with Gasteiger partial charge >= 0.3 is 0 Å². The van der Waals surface area contributed by atoms with E-state index in [1.165, 1.54) is 13.8 Å². The van der Waals surface area contributed by atoms with E-state index in [0.717, 1.165) is 6.07 Å². The highest BCUT2D eigenvalue weighted by atomic mass is 32.2. The van der Waals surface area contributed by atoms with E-state index < -0.39 is 15.8 Å². The Morgan fingerprint density at radius 3 is 2.63 bits per heavy atom. The summed E-state index contributed by atoms with van der Waals surface area (Å²) in [6.07, 6.45) is 0.421. The fourth-order valence-electron chi connectivity index (χ4n) is 1.79. The first-order valence-electron chi connectivity index (χ1n) is 5.75. The van der Waals surface area contributed by atoms with Gasteiger partial charge in [-0.15, -0.1) is 11.8 Å². The Morgan fingerprint density at radius 1 is 1.42 bits per heavy atom. The lowest BCUT2D eigenvalue weighted by Gasteiger charge is -2.14. The van der Waals surface area contributed by atoms with Crippen LogP contribution in [0.3, 0.4) is 0 Å². The standard InChI is InChI=1S/C13H17FN2O2S/c1-4-5-6-7-16-19(17,18)13-9(2)8-11(14)12(15)10(13)3/h8,16H,6-7,15H2,1-3H3. The first-order valence-corrected chi connectivity index (χ1v) is 7.24. The Morgan fingerprint density at radius 2 is 2.05 bits per heavy atom. The van der Waals surface area contributed by atoms with Crippen LogP contribution in [0.4, 0.5) is 10.1 Å². The van der Waals surface area contributed by atoms with Crippen molar-refractivity contribution in [1.29, 1.82) is 0 Å². The Balaban J connectivity index is 3.14. The molecule has 0 fully saturated rings. The molecule has 6 heteroatoms. The number of hydrogen-bond donors (Lipinski definition) is 2. The van der Waals surface area contributed by atoms with Crippen molar-refractivity contribution in [1.82, 2.24) is 4.72 Å². The molecule has 0 unspecified atom stereocenters. The lowest BCUT2D eigenvalue weighted by molar-refractivity contribution is 0.580. The number of benzene rings is 1. The highest BCUT2D eigenvalue weighted by molar-refractivity contribution is 7.89. The van der Waals surface area contributed by atoms with Crippen LogP contribution in [0.5, 0.6) is 0 Å². The van der Waals surface area contributed by atoms with Gasteiger partial charge in [-0.3, -0.25) is 0 Å². The zero-order chi connectivity index (χ0) is 14.6. The van der Waals surface area contributed by atoms with E-state index in [4.69, 9.17) is 5.73 Å². The second kappa shape index (κ2) is 6.04. The maximum atomic E-state index is 13.4. The molecule has 1 rings (SSSR count). The van der Waals surface area contributed by atoms with Crippen LogP contribution < -0.4 is 10.5 Å². The zero-order valence-electron chi connectivity index (χ0n) is 11.2. The SMILES string of the molecule is CC#CCCNS(=O)(=O)c1c(C)cc(F)c(N)c1C. The smallest absolute Gasteiger partial charge is 0.241 e. The van der Waals surface area contributed by atoms with Gasteiger partial charge in [0.15, 0.2) is 0 Å². The molecular weight excluding hydrogens is 267 g/mol. The van der Waals surface area contributed by atoms with E-state index in [0.29, 0.717) is 12.0 Å². The van der Waals surface area contributed by atoms with Gasteiger partial charge in [0.2, 0.25) is 10.0 Å². The fourth-order valence-corrected chi connectivity index (χ4v) is 3.30. The van der Waals surface area contributed by atoms with Crippen LogP contribution in [0.2, 0.25) is 0 Å². The van der Waals surface area contributed by atoms with Gasteiger partial charge in [0, 0.05) is 13.0 Å². The number of halogens is 1. The molecule has 0 bridgehead atoms. The molecule has 19 heavy (non-hydrogen) atoms. The molecule has 3 N–H and O–H groups in total. The molecule has 0 aliphatic carbocycles. The van der Waals surface area contributed by atoms with Crippen molar-refractivity contribution < 1.29 is 12.8 Å². The summed E-state index contributed by atoms with van der Waals surface area (Å²) in [5.74, 6) is 4.83. The molecule has 0 saturated heterocycles. The molecule has 1 aromatic carbocycles. The van der Waals surface area contributed by atoms with Crippen molar-refractivity contribution in [2.75, 3.05) is 12.3 Å². The van der Waals surface area contributed by atoms with Gasteiger partial charge < -0.3 is 5.73 Å². The average molecular weight is 284 g/mol. The third kappa shape index (κ3) is 3.46. The van der Waals surface area contributed by atoms with E-state index >= 15 is 0 Å². The van der Waals surface area contributed by atoms with Crippen molar-refractivity contribution in [3.05, 3.63) is 23.0 Å². The van der Waals surface area contributed by atoms with Crippen molar-refractivity contribution in [2.45, 2.75) is 32.1 Å². The molecule has 104 valence electrons. The Bertz CT molecular complexity index is 643. The quantitative estimate of drug-likeness (QED) is 0.502. The highest BCUT2D eigenvalue weighted by Crippen LogP contribution is 2.27. The minimum atomic E-state index is -3.71. The maximum absolute atomic E-state index is 13.4. The van der Waals surface area contributed by atoms with Gasteiger partial charge in [0.25, 0.3) is 0 Å². The third-order valence-electron chi connectivity index (χ3n) is 2.69. The monoisotopic (exact) mass is 284 g/mol. The number of hydrogen-bond acceptors (Lipinski definition) is 3. The number of anilines is 1. The van der Waals surface area contributed by atoms with Crippen molar-refractivity contribution >= 4 is 15.7 Å². The van der Waals surface area contributed by atoms with Crippen LogP contribution in [-0.4, -0.2) is 15.0 Å². The Hall–Kier alpha value is -1.58. The van der Waals surface area contributed by atoms with E-state index in [-0.39, 0.29) is 22.7 Å². The van der Waals surface area contributed by atoms with Crippen LogP contribution in [-0.2, 0) is 10.0 Å². The zero-order valence-corrected chi connectivity index (χ0v) is 12.0. The number of sulfonamides is 1. The number of aryl methyl sites for hydroxylation is 1. The number of rotatable bonds is 4. The Kier molecular flexibility index (Phi) is 4.92. The molecule has 0 heterocycles. The summed E-state index contributed by atoms with van der Waals surface area (Å²) in [6, 6.07) is 1.13. The first kappa shape index (κ1) is 15.5. The summed E-state index contributed by atoms with van der Waals surface area (Å²) >= 11 is 0. The summed E-state index contributed by atoms with van der Waals surface area (Å²) in [5, 5.41) is 0. The van der Waals surface area contributed by atoms with Crippen LogP contribution in [0, 0.1) is 31.5 Å². The topological polar surface area (TPSA) is 72.2 Å². The minimum Gasteiger partial charge on any atom is -0.396 e. The van der Waals surface area contributed by atoms with Crippen molar-refractivity contribution in [3.63, 3.8) is 0 Å². The van der Waals surface area contributed by atoms with Crippen molar-refractivity contribution in [2.24, 2.45) is 0 Å². The third-order valence-corrected chi connectivity index (χ3v) is 4.44. The lowest BCUT2D eigenvalue weighted by Crippen LogP contribution is -2.26. The van der Waals surface area contributed by atoms with Gasteiger partial charge in [-0.25, -0.2) is 17.5 Å². The maximum Gasteiger partial charge on any atom is 0.241 e. The van der Waals surface area contributed by atoms with E-state index in [9.17, 15) is 12.8 Å². The largest absolute Gasteiger partial charge is 0.396 e. The summed E-state index contributed by atoms with van der Waals surface area (Å²) in [5.41, 5.74) is 5.96. The predicted molar refractivity (Wildman–Crippen MR) is 73.5 cm³/mol.